The van der Waals surface area contributed by atoms with Crippen LogP contribution in [0.15, 0.2) is 79.4 Å². The molecule has 1 amide bonds. The fraction of sp³-hybridized carbons (Fsp3) is 0.250. The van der Waals surface area contributed by atoms with E-state index in [4.69, 9.17) is 25.8 Å². The Morgan fingerprint density at radius 2 is 1.82 bits per heavy atom. The van der Waals surface area contributed by atoms with Gasteiger partial charge < -0.3 is 19.1 Å². The molecule has 1 aliphatic rings. The van der Waals surface area contributed by atoms with E-state index in [1.54, 1.807) is 13.2 Å². The topological polar surface area (TPSA) is 48.0 Å². The number of methoxy groups -OCH3 is 1. The Balaban J connectivity index is 1.79. The maximum Gasteiger partial charge on any atom is 0.257 e. The summed E-state index contributed by atoms with van der Waals surface area (Å²) in [5, 5.41) is 0.623. The maximum absolute atomic E-state index is 13.5. The third-order valence-electron chi connectivity index (χ3n) is 5.86. The maximum atomic E-state index is 13.5. The second-order valence-corrected chi connectivity index (χ2v) is 8.46. The molecule has 0 radical (unpaired) electrons. The van der Waals surface area contributed by atoms with Crippen molar-refractivity contribution in [3.8, 4) is 11.5 Å². The third kappa shape index (κ3) is 4.29. The summed E-state index contributed by atoms with van der Waals surface area (Å²) in [6, 6.07) is 20.8. The molecule has 5 nitrogen and oxygen atoms in total. The second kappa shape index (κ2) is 10.3. The minimum Gasteiger partial charge on any atom is -0.493 e. The Kier molecular flexibility index (Phi) is 7.25. The van der Waals surface area contributed by atoms with E-state index in [1.807, 2.05) is 71.6 Å². The van der Waals surface area contributed by atoms with E-state index in [0.717, 1.165) is 23.1 Å². The number of ether oxygens (including phenoxy) is 3. The highest BCUT2D eigenvalue weighted by Crippen LogP contribution is 2.46. The zero-order valence-electron chi connectivity index (χ0n) is 19.4. The minimum atomic E-state index is -1.07. The number of halogens is 1. The second-order valence-electron chi connectivity index (χ2n) is 8.03. The van der Waals surface area contributed by atoms with E-state index in [-0.39, 0.29) is 12.5 Å². The van der Waals surface area contributed by atoms with Gasteiger partial charge in [-0.15, -0.1) is 0 Å². The lowest BCUT2D eigenvalue weighted by Crippen LogP contribution is -2.47. The molecule has 0 aliphatic carbocycles. The lowest BCUT2D eigenvalue weighted by atomic mass is 9.93. The summed E-state index contributed by atoms with van der Waals surface area (Å²) >= 11 is 6.20. The molecule has 4 rings (SSSR count). The quantitative estimate of drug-likeness (QED) is 0.326. The minimum absolute atomic E-state index is 0.0443. The highest BCUT2D eigenvalue weighted by molar-refractivity contribution is 6.30. The summed E-state index contributed by atoms with van der Waals surface area (Å²) in [7, 11) is 1.60. The van der Waals surface area contributed by atoms with Crippen LogP contribution in [0.3, 0.4) is 0 Å². The van der Waals surface area contributed by atoms with Gasteiger partial charge in [0.2, 0.25) is 0 Å². The molecule has 34 heavy (non-hydrogen) atoms. The van der Waals surface area contributed by atoms with Gasteiger partial charge in [0.25, 0.3) is 5.91 Å². The van der Waals surface area contributed by atoms with Crippen LogP contribution < -0.4 is 9.47 Å². The van der Waals surface area contributed by atoms with Crippen molar-refractivity contribution in [2.24, 2.45) is 0 Å². The van der Waals surface area contributed by atoms with Gasteiger partial charge in [-0.2, -0.15) is 0 Å². The average Bonchev–Trinajstić information content (AvgIpc) is 3.10. The van der Waals surface area contributed by atoms with E-state index < -0.39 is 5.72 Å². The van der Waals surface area contributed by atoms with Gasteiger partial charge in [0.05, 0.1) is 13.7 Å². The third-order valence-corrected chi connectivity index (χ3v) is 6.11. The molecule has 1 atom stereocenters. The van der Waals surface area contributed by atoms with Crippen LogP contribution in [-0.4, -0.2) is 31.1 Å². The summed E-state index contributed by atoms with van der Waals surface area (Å²) in [5.74, 6) is 1.20. The molecule has 3 aromatic carbocycles. The van der Waals surface area contributed by atoms with Crippen LogP contribution in [0.4, 0.5) is 0 Å². The van der Waals surface area contributed by atoms with Crippen molar-refractivity contribution in [1.82, 2.24) is 4.90 Å². The molecule has 1 aliphatic heterocycles. The van der Waals surface area contributed by atoms with Crippen LogP contribution in [-0.2, 0) is 17.1 Å². The number of carbonyl (C=O) groups is 1. The molecule has 176 valence electrons. The number of benzene rings is 3. The van der Waals surface area contributed by atoms with Gasteiger partial charge in [-0.1, -0.05) is 67.6 Å². The van der Waals surface area contributed by atoms with Crippen LogP contribution in [0.2, 0.25) is 5.02 Å². The molecule has 0 N–H and O–H groups in total. The highest BCUT2D eigenvalue weighted by Gasteiger charge is 2.51. The first kappa shape index (κ1) is 23.9. The van der Waals surface area contributed by atoms with Gasteiger partial charge in [-0.05, 0) is 42.3 Å². The fourth-order valence-electron chi connectivity index (χ4n) is 4.37. The number of rotatable bonds is 10. The van der Waals surface area contributed by atoms with Crippen molar-refractivity contribution < 1.29 is 19.0 Å². The van der Waals surface area contributed by atoms with Crippen LogP contribution in [0.25, 0.3) is 0 Å². The molecule has 6 heteroatoms. The molecule has 0 saturated carbocycles. The van der Waals surface area contributed by atoms with Gasteiger partial charge in [0, 0.05) is 28.3 Å². The largest absolute Gasteiger partial charge is 0.493 e. The van der Waals surface area contributed by atoms with Gasteiger partial charge in [-0.3, -0.25) is 4.79 Å². The molecule has 3 aromatic rings. The molecular weight excluding hydrogens is 450 g/mol. The summed E-state index contributed by atoms with van der Waals surface area (Å²) in [6.45, 7) is 6.92. The summed E-state index contributed by atoms with van der Waals surface area (Å²) < 4.78 is 17.9. The summed E-state index contributed by atoms with van der Waals surface area (Å²) in [6.07, 6.45) is 2.47. The predicted octanol–water partition coefficient (Wildman–Crippen LogP) is 6.20. The molecule has 0 bridgehead atoms. The van der Waals surface area contributed by atoms with Gasteiger partial charge in [0.1, 0.15) is 6.61 Å². The average molecular weight is 478 g/mol. The van der Waals surface area contributed by atoms with Gasteiger partial charge in [0.15, 0.2) is 17.2 Å². The van der Waals surface area contributed by atoms with Crippen LogP contribution in [0.1, 0.15) is 40.4 Å². The van der Waals surface area contributed by atoms with Crippen molar-refractivity contribution in [3.05, 3.63) is 107 Å². The lowest BCUT2D eigenvalue weighted by molar-refractivity contribution is -0.117. The highest BCUT2D eigenvalue weighted by atomic mass is 35.5. The van der Waals surface area contributed by atoms with Crippen LogP contribution in [0, 0.1) is 0 Å². The number of hydrogen-bond acceptors (Lipinski definition) is 4. The number of amides is 1. The SMILES string of the molecule is C=CCOc1cc(COC2(c3ccc(Cl)cc3)c3ccccc3C(=O)N2CCC)ccc1OC. The van der Waals surface area contributed by atoms with Gasteiger partial charge >= 0.3 is 0 Å². The Hall–Kier alpha value is -3.28. The fourth-order valence-corrected chi connectivity index (χ4v) is 4.49. The van der Waals surface area contributed by atoms with Crippen LogP contribution in [0.5, 0.6) is 11.5 Å². The first-order valence-electron chi connectivity index (χ1n) is 11.3. The Bertz CT molecular complexity index is 1180. The standard InChI is InChI=1S/C28H28ClNO4/c1-4-16-30-27(31)23-8-6-7-9-24(23)28(30,21-11-13-22(29)14-12-21)34-19-20-10-15-25(32-3)26(18-20)33-17-5-2/h5-15,18H,2,4,16-17,19H2,1,3H3. The first-order valence-corrected chi connectivity index (χ1v) is 11.6. The molecule has 0 fully saturated rings. The molecule has 1 unspecified atom stereocenters. The number of hydrogen-bond donors (Lipinski definition) is 0. The van der Waals surface area contributed by atoms with E-state index in [0.29, 0.717) is 35.2 Å². The molecule has 0 spiro atoms. The van der Waals surface area contributed by atoms with Gasteiger partial charge in [-0.25, -0.2) is 0 Å². The predicted molar refractivity (Wildman–Crippen MR) is 133 cm³/mol. The zero-order chi connectivity index (χ0) is 24.1. The van der Waals surface area contributed by atoms with E-state index in [2.05, 4.69) is 13.5 Å². The van der Waals surface area contributed by atoms with Crippen LogP contribution >= 0.6 is 11.6 Å². The Labute approximate surface area is 205 Å². The number of fused-ring (bicyclic) bond motifs is 1. The lowest BCUT2D eigenvalue weighted by Gasteiger charge is -2.39. The zero-order valence-corrected chi connectivity index (χ0v) is 20.2. The Morgan fingerprint density at radius 3 is 2.53 bits per heavy atom. The molecule has 0 aromatic heterocycles. The van der Waals surface area contributed by atoms with Crippen molar-refractivity contribution in [2.45, 2.75) is 25.7 Å². The van der Waals surface area contributed by atoms with E-state index in [1.165, 1.54) is 0 Å². The smallest absolute Gasteiger partial charge is 0.257 e. The monoisotopic (exact) mass is 477 g/mol. The van der Waals surface area contributed by atoms with E-state index >= 15 is 0 Å². The molecule has 1 heterocycles. The van der Waals surface area contributed by atoms with Crippen molar-refractivity contribution in [1.29, 1.82) is 0 Å². The first-order chi connectivity index (χ1) is 16.5. The van der Waals surface area contributed by atoms with Crippen molar-refractivity contribution >= 4 is 17.5 Å². The summed E-state index contributed by atoms with van der Waals surface area (Å²) in [4.78, 5) is 15.3. The number of nitrogens with zero attached hydrogens (tertiary/aromatic N) is 1. The molecule has 0 saturated heterocycles. The number of carbonyl (C=O) groups excluding carboxylic acids is 1. The normalized spacial score (nSPS) is 16.9. The van der Waals surface area contributed by atoms with E-state index in [9.17, 15) is 4.79 Å². The Morgan fingerprint density at radius 1 is 1.06 bits per heavy atom. The molecular formula is C28H28ClNO4. The summed E-state index contributed by atoms with van der Waals surface area (Å²) in [5.41, 5.74) is 2.14. The van der Waals surface area contributed by atoms with Crippen molar-refractivity contribution in [2.75, 3.05) is 20.3 Å². The van der Waals surface area contributed by atoms with Crippen molar-refractivity contribution in [3.63, 3.8) is 0 Å².